The van der Waals surface area contributed by atoms with E-state index in [2.05, 4.69) is 10.3 Å². The van der Waals surface area contributed by atoms with Crippen LogP contribution in [0.15, 0.2) is 41.0 Å². The summed E-state index contributed by atoms with van der Waals surface area (Å²) in [7, 11) is -3.32. The molecule has 3 aromatic rings. The highest BCUT2D eigenvalue weighted by Crippen LogP contribution is 2.33. The van der Waals surface area contributed by atoms with Crippen molar-refractivity contribution in [3.05, 3.63) is 47.9 Å². The van der Waals surface area contributed by atoms with Crippen molar-refractivity contribution in [1.82, 2.24) is 13.9 Å². The molecule has 2 aromatic heterocycles. The Morgan fingerprint density at radius 2 is 1.97 bits per heavy atom. The first-order valence-corrected chi connectivity index (χ1v) is 12.1. The molecule has 1 saturated heterocycles. The lowest BCUT2D eigenvalue weighted by Crippen LogP contribution is -2.42. The number of aromatic nitrogens is 2. The van der Waals surface area contributed by atoms with E-state index in [1.807, 2.05) is 0 Å². The molecule has 3 heterocycles. The molecule has 0 radical (unpaired) electrons. The topological polar surface area (TPSA) is 97.4 Å². The number of anilines is 1. The SMILES string of the molecule is CCS(=O)(=O)N1CCC(C(=O)Nc2nc3cc(C(F)(F)F)ccc3n2Cc2ccco2)CC1. The lowest BCUT2D eigenvalue weighted by molar-refractivity contribution is -0.137. The van der Waals surface area contributed by atoms with Crippen molar-refractivity contribution < 1.29 is 30.8 Å². The zero-order valence-electron chi connectivity index (χ0n) is 17.8. The second-order valence-corrected chi connectivity index (χ2v) is 10.1. The van der Waals surface area contributed by atoms with E-state index in [-0.39, 0.29) is 42.8 Å². The summed E-state index contributed by atoms with van der Waals surface area (Å²) in [5.41, 5.74) is -0.325. The van der Waals surface area contributed by atoms with Crippen LogP contribution in [0.3, 0.4) is 0 Å². The van der Waals surface area contributed by atoms with E-state index in [4.69, 9.17) is 4.42 Å². The standard InChI is InChI=1S/C21H23F3N4O4S/c1-2-33(30,31)27-9-7-14(8-10-27)19(29)26-20-25-17-12-15(21(22,23)24)5-6-18(17)28(20)13-16-4-3-11-32-16/h3-6,11-12,14H,2,7-10,13H2,1H3,(H,25,26,29). The highest BCUT2D eigenvalue weighted by molar-refractivity contribution is 7.89. The minimum Gasteiger partial charge on any atom is -0.467 e. The molecule has 4 rings (SSSR count). The van der Waals surface area contributed by atoms with Crippen LogP contribution in [-0.2, 0) is 27.5 Å². The normalized spacial score (nSPS) is 16.4. The Morgan fingerprint density at radius 1 is 1.24 bits per heavy atom. The lowest BCUT2D eigenvalue weighted by atomic mass is 9.97. The van der Waals surface area contributed by atoms with Crippen LogP contribution in [0.4, 0.5) is 19.1 Å². The van der Waals surface area contributed by atoms with Gasteiger partial charge in [0.2, 0.25) is 21.9 Å². The third-order valence-electron chi connectivity index (χ3n) is 5.79. The summed E-state index contributed by atoms with van der Waals surface area (Å²) >= 11 is 0. The van der Waals surface area contributed by atoms with Crippen LogP contribution in [-0.4, -0.2) is 47.0 Å². The van der Waals surface area contributed by atoms with Gasteiger partial charge in [-0.3, -0.25) is 10.1 Å². The minimum atomic E-state index is -4.52. The Bertz CT molecular complexity index is 1240. The van der Waals surface area contributed by atoms with Crippen molar-refractivity contribution in [2.75, 3.05) is 24.2 Å². The number of furan rings is 1. The van der Waals surface area contributed by atoms with Gasteiger partial charge in [0, 0.05) is 19.0 Å². The van der Waals surface area contributed by atoms with Crippen LogP contribution in [0.5, 0.6) is 0 Å². The van der Waals surface area contributed by atoms with E-state index in [1.165, 1.54) is 16.6 Å². The molecule has 0 bridgehead atoms. The summed E-state index contributed by atoms with van der Waals surface area (Å²) in [6.07, 6.45) is -2.34. The van der Waals surface area contributed by atoms with Gasteiger partial charge >= 0.3 is 6.18 Å². The fourth-order valence-corrected chi connectivity index (χ4v) is 5.04. The number of nitrogens with one attached hydrogen (secondary N) is 1. The molecule has 1 fully saturated rings. The van der Waals surface area contributed by atoms with Gasteiger partial charge in [0.25, 0.3) is 0 Å². The van der Waals surface area contributed by atoms with E-state index < -0.39 is 27.7 Å². The van der Waals surface area contributed by atoms with Gasteiger partial charge in [0.05, 0.1) is 35.2 Å². The average molecular weight is 485 g/mol. The number of fused-ring (bicyclic) bond motifs is 1. The van der Waals surface area contributed by atoms with Crippen LogP contribution in [0, 0.1) is 5.92 Å². The average Bonchev–Trinajstić information content (AvgIpc) is 3.41. The van der Waals surface area contributed by atoms with E-state index in [9.17, 15) is 26.4 Å². The molecular formula is C21H23F3N4O4S. The number of sulfonamides is 1. The highest BCUT2D eigenvalue weighted by Gasteiger charge is 2.32. The molecule has 0 spiro atoms. The first kappa shape index (κ1) is 23.3. The molecule has 0 saturated carbocycles. The largest absolute Gasteiger partial charge is 0.467 e. The summed E-state index contributed by atoms with van der Waals surface area (Å²) < 4.78 is 71.9. The number of rotatable bonds is 6. The Morgan fingerprint density at radius 3 is 2.58 bits per heavy atom. The van der Waals surface area contributed by atoms with Gasteiger partial charge in [-0.05, 0) is 50.1 Å². The van der Waals surface area contributed by atoms with E-state index in [1.54, 1.807) is 23.6 Å². The van der Waals surface area contributed by atoms with Gasteiger partial charge in [-0.15, -0.1) is 0 Å². The number of carbonyl (C=O) groups is 1. The molecule has 178 valence electrons. The third kappa shape index (κ3) is 4.91. The summed E-state index contributed by atoms with van der Waals surface area (Å²) in [4.78, 5) is 17.2. The molecule has 0 aliphatic carbocycles. The van der Waals surface area contributed by atoms with Crippen molar-refractivity contribution in [1.29, 1.82) is 0 Å². The van der Waals surface area contributed by atoms with Gasteiger partial charge in [-0.2, -0.15) is 13.2 Å². The fourth-order valence-electron chi connectivity index (χ4n) is 3.91. The summed E-state index contributed by atoms with van der Waals surface area (Å²) in [5, 5.41) is 2.73. The minimum absolute atomic E-state index is 0.000576. The van der Waals surface area contributed by atoms with Crippen LogP contribution in [0.25, 0.3) is 11.0 Å². The molecule has 0 atom stereocenters. The Balaban J connectivity index is 1.59. The van der Waals surface area contributed by atoms with Crippen LogP contribution >= 0.6 is 0 Å². The van der Waals surface area contributed by atoms with Crippen molar-refractivity contribution in [3.63, 3.8) is 0 Å². The number of nitrogens with zero attached hydrogens (tertiary/aromatic N) is 3. The second-order valence-electron chi connectivity index (χ2n) is 7.87. The predicted octanol–water partition coefficient (Wildman–Crippen LogP) is 3.70. The van der Waals surface area contributed by atoms with Gasteiger partial charge < -0.3 is 8.98 Å². The van der Waals surface area contributed by atoms with E-state index in [0.717, 1.165) is 12.1 Å². The third-order valence-corrected chi connectivity index (χ3v) is 7.67. The smallest absolute Gasteiger partial charge is 0.416 e. The molecule has 0 unspecified atom stereocenters. The number of piperidine rings is 1. The number of benzene rings is 1. The van der Waals surface area contributed by atoms with Gasteiger partial charge in [-0.25, -0.2) is 17.7 Å². The van der Waals surface area contributed by atoms with Gasteiger partial charge in [-0.1, -0.05) is 0 Å². The van der Waals surface area contributed by atoms with Crippen LogP contribution < -0.4 is 5.32 Å². The monoisotopic (exact) mass is 484 g/mol. The number of alkyl halides is 3. The van der Waals surface area contributed by atoms with Crippen molar-refractivity contribution in [3.8, 4) is 0 Å². The Kier molecular flexibility index (Phi) is 6.23. The van der Waals surface area contributed by atoms with E-state index >= 15 is 0 Å². The van der Waals surface area contributed by atoms with Crippen molar-refractivity contribution in [2.45, 2.75) is 32.5 Å². The maximum atomic E-state index is 13.2. The fraction of sp³-hybridized carbons (Fsp3) is 0.429. The van der Waals surface area contributed by atoms with Crippen LogP contribution in [0.1, 0.15) is 31.1 Å². The Hall–Kier alpha value is -2.86. The number of halogens is 3. The second kappa shape index (κ2) is 8.82. The molecular weight excluding hydrogens is 461 g/mol. The van der Waals surface area contributed by atoms with Crippen molar-refractivity contribution in [2.24, 2.45) is 5.92 Å². The highest BCUT2D eigenvalue weighted by atomic mass is 32.2. The van der Waals surface area contributed by atoms with Crippen molar-refractivity contribution >= 4 is 32.9 Å². The van der Waals surface area contributed by atoms with Crippen LogP contribution in [0.2, 0.25) is 0 Å². The maximum Gasteiger partial charge on any atom is 0.416 e. The van der Waals surface area contributed by atoms with Gasteiger partial charge in [0.1, 0.15) is 5.76 Å². The molecule has 12 heteroatoms. The number of hydrogen-bond acceptors (Lipinski definition) is 5. The lowest BCUT2D eigenvalue weighted by Gasteiger charge is -2.30. The molecule has 1 N–H and O–H groups in total. The first-order valence-electron chi connectivity index (χ1n) is 10.5. The number of imidazole rings is 1. The molecule has 1 amide bonds. The summed E-state index contributed by atoms with van der Waals surface area (Å²) in [5.74, 6) is -0.135. The molecule has 8 nitrogen and oxygen atoms in total. The number of hydrogen-bond donors (Lipinski definition) is 1. The quantitative estimate of drug-likeness (QED) is 0.576. The number of amides is 1. The Labute approximate surface area is 188 Å². The summed E-state index contributed by atoms with van der Waals surface area (Å²) in [6, 6.07) is 6.63. The molecule has 1 aliphatic heterocycles. The molecule has 33 heavy (non-hydrogen) atoms. The zero-order chi connectivity index (χ0) is 23.8. The molecule has 1 aliphatic rings. The maximum absolute atomic E-state index is 13.2. The molecule has 1 aromatic carbocycles. The first-order chi connectivity index (χ1) is 15.6. The predicted molar refractivity (Wildman–Crippen MR) is 115 cm³/mol. The summed E-state index contributed by atoms with van der Waals surface area (Å²) in [6.45, 7) is 2.22. The number of carbonyl (C=O) groups excluding carboxylic acids is 1. The van der Waals surface area contributed by atoms with Gasteiger partial charge in [0.15, 0.2) is 0 Å². The zero-order valence-corrected chi connectivity index (χ0v) is 18.6. The van der Waals surface area contributed by atoms with E-state index in [0.29, 0.717) is 24.1 Å².